The first-order chi connectivity index (χ1) is 13.9. The van der Waals surface area contributed by atoms with Crippen molar-refractivity contribution in [1.29, 1.82) is 0 Å². The van der Waals surface area contributed by atoms with Gasteiger partial charge in [-0.25, -0.2) is 4.98 Å². The Morgan fingerprint density at radius 3 is 2.55 bits per heavy atom. The van der Waals surface area contributed by atoms with Crippen molar-refractivity contribution in [3.05, 3.63) is 65.4 Å². The number of benzene rings is 2. The summed E-state index contributed by atoms with van der Waals surface area (Å²) < 4.78 is 0. The van der Waals surface area contributed by atoms with Gasteiger partial charge in [0.15, 0.2) is 0 Å². The SMILES string of the molecule is CN(C)C(=O)c1cc(-c2cnc3[nH]cc(-c4ccccc4O)c3c2)cc(Cl)c1O. The molecule has 4 rings (SSSR count). The van der Waals surface area contributed by atoms with Gasteiger partial charge in [-0.2, -0.15) is 0 Å². The van der Waals surface area contributed by atoms with Crippen molar-refractivity contribution in [3.8, 4) is 33.8 Å². The smallest absolute Gasteiger partial charge is 0.257 e. The number of nitrogens with zero attached hydrogens (tertiary/aromatic N) is 2. The molecule has 0 fully saturated rings. The van der Waals surface area contributed by atoms with E-state index < -0.39 is 0 Å². The van der Waals surface area contributed by atoms with E-state index in [4.69, 9.17) is 11.6 Å². The van der Waals surface area contributed by atoms with Crippen LogP contribution >= 0.6 is 11.6 Å². The highest BCUT2D eigenvalue weighted by Crippen LogP contribution is 2.37. The van der Waals surface area contributed by atoms with E-state index in [2.05, 4.69) is 9.97 Å². The Bertz CT molecular complexity index is 1250. The molecule has 2 heterocycles. The first-order valence-electron chi connectivity index (χ1n) is 8.87. The standard InChI is InChI=1S/C22H18ClN3O3/c1-26(2)22(29)16-7-12(9-18(23)20(16)28)13-8-15-17(11-25-21(15)24-10-13)14-5-3-4-6-19(14)27/h3-11,27-28H,1-2H3,(H,24,25). The summed E-state index contributed by atoms with van der Waals surface area (Å²) >= 11 is 6.18. The second-order valence-electron chi connectivity index (χ2n) is 6.89. The van der Waals surface area contributed by atoms with Gasteiger partial charge in [0.1, 0.15) is 17.1 Å². The Kier molecular flexibility index (Phi) is 4.64. The normalized spacial score (nSPS) is 11.0. The molecule has 0 bridgehead atoms. The number of hydrogen-bond acceptors (Lipinski definition) is 4. The third-order valence-electron chi connectivity index (χ3n) is 4.76. The lowest BCUT2D eigenvalue weighted by Gasteiger charge is -2.14. The van der Waals surface area contributed by atoms with Gasteiger partial charge in [-0.1, -0.05) is 29.8 Å². The monoisotopic (exact) mass is 407 g/mol. The number of aromatic amines is 1. The number of amides is 1. The number of nitrogens with one attached hydrogen (secondary N) is 1. The summed E-state index contributed by atoms with van der Waals surface area (Å²) in [5.74, 6) is -0.429. The van der Waals surface area contributed by atoms with Gasteiger partial charge >= 0.3 is 0 Å². The van der Waals surface area contributed by atoms with Gasteiger partial charge in [-0.05, 0) is 29.8 Å². The number of aromatic hydroxyl groups is 2. The van der Waals surface area contributed by atoms with Gasteiger partial charge in [-0.3, -0.25) is 4.79 Å². The van der Waals surface area contributed by atoms with Gasteiger partial charge < -0.3 is 20.1 Å². The zero-order chi connectivity index (χ0) is 20.7. The molecule has 0 atom stereocenters. The fourth-order valence-electron chi connectivity index (χ4n) is 3.26. The van der Waals surface area contributed by atoms with E-state index in [1.165, 1.54) is 4.90 Å². The molecule has 4 aromatic rings. The summed E-state index contributed by atoms with van der Waals surface area (Å²) in [6, 6.07) is 12.2. The van der Waals surface area contributed by atoms with Crippen LogP contribution in [0.5, 0.6) is 11.5 Å². The maximum absolute atomic E-state index is 12.4. The highest BCUT2D eigenvalue weighted by molar-refractivity contribution is 6.33. The van der Waals surface area contributed by atoms with Crippen molar-refractivity contribution in [3.63, 3.8) is 0 Å². The minimum atomic E-state index is -0.350. The van der Waals surface area contributed by atoms with Crippen LogP contribution < -0.4 is 0 Å². The molecule has 0 aliphatic heterocycles. The topological polar surface area (TPSA) is 89.5 Å². The van der Waals surface area contributed by atoms with E-state index in [1.54, 1.807) is 50.8 Å². The molecule has 0 saturated heterocycles. The Morgan fingerprint density at radius 2 is 1.83 bits per heavy atom. The Labute approximate surface area is 172 Å². The average Bonchev–Trinajstić information content (AvgIpc) is 3.12. The van der Waals surface area contributed by atoms with E-state index in [-0.39, 0.29) is 28.0 Å². The predicted octanol–water partition coefficient (Wildman–Crippen LogP) is 4.66. The van der Waals surface area contributed by atoms with E-state index in [0.29, 0.717) is 16.8 Å². The van der Waals surface area contributed by atoms with Crippen molar-refractivity contribution >= 4 is 28.5 Å². The molecule has 0 radical (unpaired) electrons. The van der Waals surface area contributed by atoms with E-state index in [9.17, 15) is 15.0 Å². The first-order valence-corrected chi connectivity index (χ1v) is 9.24. The number of carbonyl (C=O) groups excluding carboxylic acids is 1. The van der Waals surface area contributed by atoms with Crippen molar-refractivity contribution in [2.24, 2.45) is 0 Å². The second-order valence-corrected chi connectivity index (χ2v) is 7.30. The first kappa shape index (κ1) is 18.8. The lowest BCUT2D eigenvalue weighted by molar-refractivity contribution is 0.0824. The number of fused-ring (bicyclic) bond motifs is 1. The van der Waals surface area contributed by atoms with Crippen molar-refractivity contribution in [2.45, 2.75) is 0 Å². The number of para-hydroxylation sites is 1. The van der Waals surface area contributed by atoms with Gasteiger partial charge in [0.2, 0.25) is 0 Å². The zero-order valence-corrected chi connectivity index (χ0v) is 16.5. The number of aromatic nitrogens is 2. The van der Waals surface area contributed by atoms with Crippen molar-refractivity contribution in [2.75, 3.05) is 14.1 Å². The van der Waals surface area contributed by atoms with Crippen LogP contribution in [0.3, 0.4) is 0 Å². The summed E-state index contributed by atoms with van der Waals surface area (Å²) in [7, 11) is 3.21. The largest absolute Gasteiger partial charge is 0.507 e. The lowest BCUT2D eigenvalue weighted by Crippen LogP contribution is -2.21. The van der Waals surface area contributed by atoms with Gasteiger partial charge in [0.25, 0.3) is 5.91 Å². The molecule has 0 saturated carbocycles. The highest BCUT2D eigenvalue weighted by Gasteiger charge is 2.19. The van der Waals surface area contributed by atoms with Crippen LogP contribution in [0.1, 0.15) is 10.4 Å². The molecule has 0 aliphatic carbocycles. The van der Waals surface area contributed by atoms with Crippen LogP contribution in [0.25, 0.3) is 33.3 Å². The summed E-state index contributed by atoms with van der Waals surface area (Å²) in [4.78, 5) is 21.3. The van der Waals surface area contributed by atoms with Crippen molar-refractivity contribution in [1.82, 2.24) is 14.9 Å². The number of phenols is 2. The molecule has 6 nitrogen and oxygen atoms in total. The molecule has 3 N–H and O–H groups in total. The molecule has 7 heteroatoms. The molecule has 2 aromatic carbocycles. The van der Waals surface area contributed by atoms with Crippen LogP contribution in [0.2, 0.25) is 5.02 Å². The summed E-state index contributed by atoms with van der Waals surface area (Å²) in [6.07, 6.45) is 3.46. The molecule has 1 amide bonds. The van der Waals surface area contributed by atoms with Crippen LogP contribution in [-0.4, -0.2) is 45.1 Å². The van der Waals surface area contributed by atoms with Crippen molar-refractivity contribution < 1.29 is 15.0 Å². The Balaban J connectivity index is 1.89. The van der Waals surface area contributed by atoms with E-state index in [1.807, 2.05) is 18.2 Å². The fourth-order valence-corrected chi connectivity index (χ4v) is 3.47. The van der Waals surface area contributed by atoms with Gasteiger partial charge in [0, 0.05) is 48.6 Å². The van der Waals surface area contributed by atoms with Gasteiger partial charge in [-0.15, -0.1) is 0 Å². The summed E-state index contributed by atoms with van der Waals surface area (Å²) in [5.41, 5.74) is 3.65. The third kappa shape index (κ3) is 3.28. The average molecular weight is 408 g/mol. The number of carbonyl (C=O) groups is 1. The van der Waals surface area contributed by atoms with Crippen LogP contribution in [0, 0.1) is 0 Å². The Hall–Kier alpha value is -3.51. The highest BCUT2D eigenvalue weighted by atomic mass is 35.5. The van der Waals surface area contributed by atoms with Crippen LogP contribution in [-0.2, 0) is 0 Å². The number of H-pyrrole nitrogens is 1. The minimum absolute atomic E-state index is 0.0859. The number of hydrogen-bond donors (Lipinski definition) is 3. The third-order valence-corrected chi connectivity index (χ3v) is 5.05. The molecule has 0 unspecified atom stereocenters. The second kappa shape index (κ2) is 7.14. The fraction of sp³-hybridized carbons (Fsp3) is 0.0909. The number of pyridine rings is 1. The molecule has 29 heavy (non-hydrogen) atoms. The number of halogens is 1. The Morgan fingerprint density at radius 1 is 1.07 bits per heavy atom. The molecular formula is C22H18ClN3O3. The molecule has 0 aliphatic rings. The zero-order valence-electron chi connectivity index (χ0n) is 15.8. The van der Waals surface area contributed by atoms with E-state index >= 15 is 0 Å². The lowest BCUT2D eigenvalue weighted by atomic mass is 10.00. The number of rotatable bonds is 3. The van der Waals surface area contributed by atoms with Crippen LogP contribution in [0.15, 0.2) is 54.9 Å². The quantitative estimate of drug-likeness (QED) is 0.460. The van der Waals surface area contributed by atoms with Crippen LogP contribution in [0.4, 0.5) is 0 Å². The van der Waals surface area contributed by atoms with Gasteiger partial charge in [0.05, 0.1) is 10.6 Å². The van der Waals surface area contributed by atoms with E-state index in [0.717, 1.165) is 16.5 Å². The predicted molar refractivity (Wildman–Crippen MR) is 113 cm³/mol. The molecular weight excluding hydrogens is 390 g/mol. The maximum atomic E-state index is 12.4. The summed E-state index contributed by atoms with van der Waals surface area (Å²) in [6.45, 7) is 0. The minimum Gasteiger partial charge on any atom is -0.507 e. The summed E-state index contributed by atoms with van der Waals surface area (Å²) in [5, 5.41) is 21.3. The molecule has 2 aromatic heterocycles. The maximum Gasteiger partial charge on any atom is 0.257 e. The number of phenolic OH excluding ortho intramolecular Hbond substituents is 2. The molecule has 0 spiro atoms. The molecule has 146 valence electrons.